The second-order valence-corrected chi connectivity index (χ2v) is 6.20. The molecule has 0 aliphatic heterocycles. The summed E-state index contributed by atoms with van der Waals surface area (Å²) in [6.07, 6.45) is 0.182. The van der Waals surface area contributed by atoms with Crippen LogP contribution in [0.3, 0.4) is 0 Å². The molecule has 0 atom stereocenters. The third-order valence-electron chi connectivity index (χ3n) is 3.42. The van der Waals surface area contributed by atoms with Gasteiger partial charge in [0.05, 0.1) is 17.5 Å². The average molecular weight is 421 g/mol. The number of ether oxygens (including phenoxy) is 2. The van der Waals surface area contributed by atoms with Crippen molar-refractivity contribution in [3.63, 3.8) is 0 Å². The molecule has 0 radical (unpaired) electrons. The molecule has 6 nitrogen and oxygen atoms in total. The Morgan fingerprint density at radius 2 is 1.73 bits per heavy atom. The maximum Gasteiger partial charge on any atom is 0.276 e. The number of carbonyl (C=O) groups excluding carboxylic acids is 2. The largest absolute Gasteiger partial charge is 0.483 e. The van der Waals surface area contributed by atoms with Crippen molar-refractivity contribution in [2.24, 2.45) is 0 Å². The molecule has 0 saturated heterocycles. The zero-order valence-electron chi connectivity index (χ0n) is 14.5. The van der Waals surface area contributed by atoms with Crippen LogP contribution in [0.15, 0.2) is 53.0 Å². The number of rotatable bonds is 8. The zero-order chi connectivity index (χ0) is 18.8. The van der Waals surface area contributed by atoms with Gasteiger partial charge in [-0.05, 0) is 46.1 Å². The molecule has 26 heavy (non-hydrogen) atoms. The Labute approximate surface area is 161 Å². The van der Waals surface area contributed by atoms with E-state index in [0.29, 0.717) is 19.0 Å². The van der Waals surface area contributed by atoms with Crippen LogP contribution in [0.1, 0.15) is 13.3 Å². The molecular weight excluding hydrogens is 400 g/mol. The Balaban J connectivity index is 1.80. The van der Waals surface area contributed by atoms with Gasteiger partial charge in [-0.15, -0.1) is 0 Å². The minimum absolute atomic E-state index is 0.182. The number of nitrogens with one attached hydrogen (secondary N) is 2. The molecule has 2 rings (SSSR count). The maximum absolute atomic E-state index is 11.8. The highest BCUT2D eigenvalue weighted by atomic mass is 79.9. The molecule has 0 fully saturated rings. The van der Waals surface area contributed by atoms with Crippen molar-refractivity contribution in [3.8, 4) is 16.9 Å². The summed E-state index contributed by atoms with van der Waals surface area (Å²) in [4.78, 5) is 23.2. The number of hydrogen-bond acceptors (Lipinski definition) is 4. The van der Waals surface area contributed by atoms with Crippen LogP contribution >= 0.6 is 15.9 Å². The zero-order valence-corrected chi connectivity index (χ0v) is 16.0. The van der Waals surface area contributed by atoms with Gasteiger partial charge >= 0.3 is 0 Å². The lowest BCUT2D eigenvalue weighted by Crippen LogP contribution is -2.44. The Kier molecular flexibility index (Phi) is 8.11. The van der Waals surface area contributed by atoms with Crippen molar-refractivity contribution in [2.45, 2.75) is 13.3 Å². The Morgan fingerprint density at radius 1 is 1.00 bits per heavy atom. The van der Waals surface area contributed by atoms with Crippen LogP contribution in [-0.2, 0) is 14.3 Å². The molecule has 0 aromatic heterocycles. The van der Waals surface area contributed by atoms with Gasteiger partial charge in [0, 0.05) is 6.61 Å². The Hall–Kier alpha value is -2.38. The van der Waals surface area contributed by atoms with Crippen LogP contribution in [0.4, 0.5) is 0 Å². The van der Waals surface area contributed by atoms with Crippen molar-refractivity contribution in [3.05, 3.63) is 53.0 Å². The monoisotopic (exact) mass is 420 g/mol. The summed E-state index contributed by atoms with van der Waals surface area (Å²) in [7, 11) is 0. The predicted molar refractivity (Wildman–Crippen MR) is 102 cm³/mol. The van der Waals surface area contributed by atoms with Gasteiger partial charge in [-0.3, -0.25) is 20.4 Å². The minimum Gasteiger partial charge on any atom is -0.483 e. The normalized spacial score (nSPS) is 10.2. The lowest BCUT2D eigenvalue weighted by molar-refractivity contribution is -0.130. The first-order valence-corrected chi connectivity index (χ1v) is 9.02. The number of halogens is 1. The van der Waals surface area contributed by atoms with Crippen molar-refractivity contribution >= 4 is 27.7 Å². The van der Waals surface area contributed by atoms with Gasteiger partial charge in [-0.25, -0.2) is 0 Å². The molecule has 2 aromatic carbocycles. The third-order valence-corrected chi connectivity index (χ3v) is 4.04. The van der Waals surface area contributed by atoms with Gasteiger partial charge in [0.15, 0.2) is 6.61 Å². The molecule has 7 heteroatoms. The molecule has 2 aromatic rings. The number of amides is 2. The molecule has 0 unspecified atom stereocenters. The highest BCUT2D eigenvalue weighted by Crippen LogP contribution is 2.30. The van der Waals surface area contributed by atoms with E-state index < -0.39 is 5.91 Å². The van der Waals surface area contributed by atoms with Gasteiger partial charge < -0.3 is 9.47 Å². The maximum atomic E-state index is 11.8. The van der Waals surface area contributed by atoms with E-state index in [4.69, 9.17) is 9.47 Å². The first-order valence-electron chi connectivity index (χ1n) is 8.23. The van der Waals surface area contributed by atoms with E-state index in [1.807, 2.05) is 49.4 Å². The highest BCUT2D eigenvalue weighted by Gasteiger charge is 2.08. The van der Waals surface area contributed by atoms with E-state index >= 15 is 0 Å². The summed E-state index contributed by atoms with van der Waals surface area (Å²) in [6.45, 7) is 2.50. The van der Waals surface area contributed by atoms with Gasteiger partial charge in [-0.2, -0.15) is 0 Å². The quantitative estimate of drug-likeness (QED) is 0.508. The third kappa shape index (κ3) is 6.50. The molecule has 2 amide bonds. The van der Waals surface area contributed by atoms with Crippen LogP contribution in [0, 0.1) is 0 Å². The fraction of sp³-hybridized carbons (Fsp3) is 0.263. The molecule has 2 N–H and O–H groups in total. The van der Waals surface area contributed by atoms with Gasteiger partial charge in [0.25, 0.3) is 5.91 Å². The van der Waals surface area contributed by atoms with E-state index in [2.05, 4.69) is 26.8 Å². The van der Waals surface area contributed by atoms with Gasteiger partial charge in [0.2, 0.25) is 5.91 Å². The van der Waals surface area contributed by atoms with Crippen molar-refractivity contribution in [1.82, 2.24) is 10.9 Å². The lowest BCUT2D eigenvalue weighted by atomic mass is 10.1. The first-order chi connectivity index (χ1) is 12.6. The molecular formula is C19H21BrN2O4. The summed E-state index contributed by atoms with van der Waals surface area (Å²) in [5.41, 5.74) is 6.74. The topological polar surface area (TPSA) is 76.7 Å². The Bertz CT molecular complexity index is 738. The van der Waals surface area contributed by atoms with Crippen LogP contribution in [0.5, 0.6) is 5.75 Å². The van der Waals surface area contributed by atoms with E-state index in [9.17, 15) is 9.59 Å². The Morgan fingerprint density at radius 3 is 2.42 bits per heavy atom. The summed E-state index contributed by atoms with van der Waals surface area (Å²) >= 11 is 3.45. The van der Waals surface area contributed by atoms with Crippen molar-refractivity contribution < 1.29 is 19.1 Å². The molecule has 138 valence electrons. The molecule has 0 bridgehead atoms. The van der Waals surface area contributed by atoms with Crippen LogP contribution < -0.4 is 15.6 Å². The number of hydrogen-bond donors (Lipinski definition) is 2. The van der Waals surface area contributed by atoms with Gasteiger partial charge in [0.1, 0.15) is 5.75 Å². The van der Waals surface area contributed by atoms with Crippen molar-refractivity contribution in [2.75, 3.05) is 19.8 Å². The van der Waals surface area contributed by atoms with E-state index in [0.717, 1.165) is 15.6 Å². The fourth-order valence-electron chi connectivity index (χ4n) is 2.12. The first kappa shape index (κ1) is 19.9. The van der Waals surface area contributed by atoms with Gasteiger partial charge in [-0.1, -0.05) is 36.4 Å². The second kappa shape index (κ2) is 10.6. The van der Waals surface area contributed by atoms with Crippen LogP contribution in [0.2, 0.25) is 0 Å². The highest BCUT2D eigenvalue weighted by molar-refractivity contribution is 9.10. The molecule has 0 aliphatic rings. The number of carbonyl (C=O) groups is 2. The number of hydrazine groups is 1. The molecule has 0 heterocycles. The van der Waals surface area contributed by atoms with Crippen molar-refractivity contribution in [1.29, 1.82) is 0 Å². The second-order valence-electron chi connectivity index (χ2n) is 5.34. The number of benzene rings is 2. The summed E-state index contributed by atoms with van der Waals surface area (Å²) < 4.78 is 11.3. The van der Waals surface area contributed by atoms with Crippen LogP contribution in [0.25, 0.3) is 11.1 Å². The lowest BCUT2D eigenvalue weighted by Gasteiger charge is -2.11. The summed E-state index contributed by atoms with van der Waals surface area (Å²) in [5.74, 6) is -0.225. The molecule has 0 spiro atoms. The van der Waals surface area contributed by atoms with E-state index in [1.54, 1.807) is 6.07 Å². The van der Waals surface area contributed by atoms with E-state index in [-0.39, 0.29) is 18.9 Å². The summed E-state index contributed by atoms with van der Waals surface area (Å²) in [6, 6.07) is 15.6. The predicted octanol–water partition coefficient (Wildman–Crippen LogP) is 3.07. The standard InChI is InChI=1S/C19H21BrN2O4/c1-2-25-11-10-18(23)21-22-19(24)13-26-17-9-8-15(12-16(17)20)14-6-4-3-5-7-14/h3-9,12H,2,10-11,13H2,1H3,(H,21,23)(H,22,24). The smallest absolute Gasteiger partial charge is 0.276 e. The minimum atomic E-state index is -0.450. The fourth-order valence-corrected chi connectivity index (χ4v) is 2.61. The average Bonchev–Trinajstić information content (AvgIpc) is 2.66. The molecule has 0 aliphatic carbocycles. The van der Waals surface area contributed by atoms with Crippen LogP contribution in [-0.4, -0.2) is 31.6 Å². The molecule has 0 saturated carbocycles. The SMILES string of the molecule is CCOCCC(=O)NNC(=O)COc1ccc(-c2ccccc2)cc1Br. The van der Waals surface area contributed by atoms with E-state index in [1.165, 1.54) is 0 Å². The summed E-state index contributed by atoms with van der Waals surface area (Å²) in [5, 5.41) is 0.